The lowest BCUT2D eigenvalue weighted by Crippen LogP contribution is -1.89. The van der Waals surface area contributed by atoms with Gasteiger partial charge in [0.25, 0.3) is 0 Å². The standard InChI is InChI=1S/C12H15NS/c1-10(6-4-5-8-13-3)12-11(2)7-9-14-12/h4-9,13H,1H2,2-3H3/b6-4-,8-5-. The Morgan fingerprint density at radius 1 is 1.50 bits per heavy atom. The second kappa shape index (κ2) is 5.45. The molecule has 0 amide bonds. The van der Waals surface area contributed by atoms with E-state index in [0.29, 0.717) is 0 Å². The number of aryl methyl sites for hydroxylation is 1. The van der Waals surface area contributed by atoms with Gasteiger partial charge in [-0.3, -0.25) is 0 Å². The molecule has 1 nitrogen and oxygen atoms in total. The molecule has 1 aromatic rings. The third kappa shape index (κ3) is 2.89. The van der Waals surface area contributed by atoms with E-state index in [1.807, 2.05) is 31.5 Å². The van der Waals surface area contributed by atoms with Gasteiger partial charge in [-0.15, -0.1) is 11.3 Å². The van der Waals surface area contributed by atoms with E-state index < -0.39 is 0 Å². The molecule has 1 N–H and O–H groups in total. The van der Waals surface area contributed by atoms with Crippen molar-refractivity contribution in [2.45, 2.75) is 6.92 Å². The van der Waals surface area contributed by atoms with Crippen molar-refractivity contribution in [3.05, 3.63) is 52.9 Å². The van der Waals surface area contributed by atoms with Crippen molar-refractivity contribution in [2.75, 3.05) is 7.05 Å². The van der Waals surface area contributed by atoms with Gasteiger partial charge in [0.1, 0.15) is 0 Å². The van der Waals surface area contributed by atoms with Crippen LogP contribution in [-0.2, 0) is 0 Å². The zero-order valence-electron chi connectivity index (χ0n) is 8.58. The monoisotopic (exact) mass is 205 g/mol. The Kier molecular flexibility index (Phi) is 4.20. The largest absolute Gasteiger partial charge is 0.394 e. The average molecular weight is 205 g/mol. The maximum atomic E-state index is 4.02. The van der Waals surface area contributed by atoms with Crippen LogP contribution >= 0.6 is 11.3 Å². The molecule has 0 saturated heterocycles. The number of rotatable bonds is 4. The summed E-state index contributed by atoms with van der Waals surface area (Å²) in [6.07, 6.45) is 7.84. The van der Waals surface area contributed by atoms with Crippen LogP contribution in [-0.4, -0.2) is 7.05 Å². The van der Waals surface area contributed by atoms with Crippen molar-refractivity contribution < 1.29 is 0 Å². The van der Waals surface area contributed by atoms with Gasteiger partial charge < -0.3 is 5.32 Å². The van der Waals surface area contributed by atoms with Crippen LogP contribution < -0.4 is 5.32 Å². The lowest BCUT2D eigenvalue weighted by atomic mass is 10.1. The molecular weight excluding hydrogens is 190 g/mol. The summed E-state index contributed by atoms with van der Waals surface area (Å²) in [7, 11) is 1.88. The summed E-state index contributed by atoms with van der Waals surface area (Å²) >= 11 is 1.73. The van der Waals surface area contributed by atoms with Crippen molar-refractivity contribution in [2.24, 2.45) is 0 Å². The molecule has 74 valence electrons. The van der Waals surface area contributed by atoms with Crippen molar-refractivity contribution in [1.29, 1.82) is 0 Å². The van der Waals surface area contributed by atoms with E-state index >= 15 is 0 Å². The number of allylic oxidation sites excluding steroid dienone is 4. The molecule has 0 aliphatic rings. The summed E-state index contributed by atoms with van der Waals surface area (Å²) < 4.78 is 0. The van der Waals surface area contributed by atoms with Gasteiger partial charge in [-0.05, 0) is 41.8 Å². The summed E-state index contributed by atoms with van der Waals surface area (Å²) in [5.41, 5.74) is 2.36. The summed E-state index contributed by atoms with van der Waals surface area (Å²) in [5, 5.41) is 5.02. The van der Waals surface area contributed by atoms with E-state index in [4.69, 9.17) is 0 Å². The van der Waals surface area contributed by atoms with Gasteiger partial charge in [0.15, 0.2) is 0 Å². The molecule has 1 aromatic heterocycles. The van der Waals surface area contributed by atoms with Gasteiger partial charge in [-0.2, -0.15) is 0 Å². The van der Waals surface area contributed by atoms with Gasteiger partial charge in [0, 0.05) is 11.9 Å². The zero-order valence-corrected chi connectivity index (χ0v) is 9.40. The van der Waals surface area contributed by atoms with Crippen molar-refractivity contribution in [3.63, 3.8) is 0 Å². The fourth-order valence-electron chi connectivity index (χ4n) is 1.10. The lowest BCUT2D eigenvalue weighted by Gasteiger charge is -1.96. The predicted octanol–water partition coefficient (Wildman–Crippen LogP) is 3.36. The van der Waals surface area contributed by atoms with Crippen molar-refractivity contribution >= 4 is 16.9 Å². The van der Waals surface area contributed by atoms with E-state index in [2.05, 4.69) is 30.3 Å². The first-order valence-corrected chi connectivity index (χ1v) is 5.37. The topological polar surface area (TPSA) is 12.0 Å². The first-order valence-electron chi connectivity index (χ1n) is 4.49. The van der Waals surface area contributed by atoms with Gasteiger partial charge in [-0.1, -0.05) is 18.7 Å². The molecule has 0 saturated carbocycles. The van der Waals surface area contributed by atoms with Gasteiger partial charge in [-0.25, -0.2) is 0 Å². The van der Waals surface area contributed by atoms with Gasteiger partial charge >= 0.3 is 0 Å². The first kappa shape index (κ1) is 10.8. The second-order valence-electron chi connectivity index (χ2n) is 2.96. The van der Waals surface area contributed by atoms with E-state index in [-0.39, 0.29) is 0 Å². The maximum Gasteiger partial charge on any atom is 0.0365 e. The third-order valence-corrected chi connectivity index (χ3v) is 2.92. The molecule has 0 unspecified atom stereocenters. The summed E-state index contributed by atoms with van der Waals surface area (Å²) in [6.45, 7) is 6.13. The highest BCUT2D eigenvalue weighted by atomic mass is 32.1. The van der Waals surface area contributed by atoms with Crippen LogP contribution in [0.4, 0.5) is 0 Å². The SMILES string of the molecule is C=C(/C=C\C=C/NC)c1sccc1C. The fourth-order valence-corrected chi connectivity index (χ4v) is 1.98. The van der Waals surface area contributed by atoms with E-state index in [9.17, 15) is 0 Å². The van der Waals surface area contributed by atoms with Crippen LogP contribution in [0.15, 0.2) is 42.5 Å². The molecule has 0 aliphatic carbocycles. The Hall–Kier alpha value is -1.28. The smallest absolute Gasteiger partial charge is 0.0365 e. The Labute approximate surface area is 89.5 Å². The average Bonchev–Trinajstić information content (AvgIpc) is 2.59. The summed E-state index contributed by atoms with van der Waals surface area (Å²) in [4.78, 5) is 1.26. The molecule has 0 aromatic carbocycles. The Morgan fingerprint density at radius 3 is 2.86 bits per heavy atom. The van der Waals surface area contributed by atoms with Crippen LogP contribution in [0.3, 0.4) is 0 Å². The van der Waals surface area contributed by atoms with Crippen LogP contribution in [0.5, 0.6) is 0 Å². The minimum atomic E-state index is 1.07. The Balaban J connectivity index is 2.64. The van der Waals surface area contributed by atoms with Gasteiger partial charge in [0.05, 0.1) is 0 Å². The second-order valence-corrected chi connectivity index (χ2v) is 3.88. The normalized spacial score (nSPS) is 11.3. The molecule has 1 rings (SSSR count). The number of hydrogen-bond donors (Lipinski definition) is 1. The number of nitrogens with one attached hydrogen (secondary N) is 1. The highest BCUT2D eigenvalue weighted by Gasteiger charge is 1.99. The number of thiophene rings is 1. The van der Waals surface area contributed by atoms with Crippen molar-refractivity contribution in [3.8, 4) is 0 Å². The number of hydrogen-bond acceptors (Lipinski definition) is 2. The van der Waals surface area contributed by atoms with Crippen LogP contribution in [0.1, 0.15) is 10.4 Å². The molecular formula is C12H15NS. The highest BCUT2D eigenvalue weighted by molar-refractivity contribution is 7.11. The Morgan fingerprint density at radius 2 is 2.29 bits per heavy atom. The Bertz CT molecular complexity index is 358. The molecule has 0 atom stereocenters. The quantitative estimate of drug-likeness (QED) is 0.743. The van der Waals surface area contributed by atoms with Crippen LogP contribution in [0, 0.1) is 6.92 Å². The predicted molar refractivity (Wildman–Crippen MR) is 65.4 cm³/mol. The molecule has 0 bridgehead atoms. The van der Waals surface area contributed by atoms with E-state index in [1.54, 1.807) is 11.3 Å². The van der Waals surface area contributed by atoms with Crippen molar-refractivity contribution in [1.82, 2.24) is 5.32 Å². The molecule has 0 spiro atoms. The molecule has 0 fully saturated rings. The highest BCUT2D eigenvalue weighted by Crippen LogP contribution is 2.24. The molecule has 0 aliphatic heterocycles. The fraction of sp³-hybridized carbons (Fsp3) is 0.167. The van der Waals surface area contributed by atoms with E-state index in [0.717, 1.165) is 5.57 Å². The lowest BCUT2D eigenvalue weighted by molar-refractivity contribution is 1.10. The molecule has 14 heavy (non-hydrogen) atoms. The summed E-state index contributed by atoms with van der Waals surface area (Å²) in [5.74, 6) is 0. The van der Waals surface area contributed by atoms with Crippen LogP contribution in [0.2, 0.25) is 0 Å². The van der Waals surface area contributed by atoms with E-state index in [1.165, 1.54) is 10.4 Å². The maximum absolute atomic E-state index is 4.02. The molecule has 2 heteroatoms. The molecule has 1 heterocycles. The van der Waals surface area contributed by atoms with Gasteiger partial charge in [0.2, 0.25) is 0 Å². The minimum absolute atomic E-state index is 1.07. The minimum Gasteiger partial charge on any atom is -0.394 e. The molecule has 0 radical (unpaired) electrons. The zero-order chi connectivity index (χ0) is 10.4. The first-order chi connectivity index (χ1) is 6.75. The third-order valence-electron chi connectivity index (χ3n) is 1.83. The summed E-state index contributed by atoms with van der Waals surface area (Å²) in [6, 6.07) is 2.11. The van der Waals surface area contributed by atoms with Crippen LogP contribution in [0.25, 0.3) is 5.57 Å².